The van der Waals surface area contributed by atoms with Crippen LogP contribution in [0.4, 0.5) is 0 Å². The maximum absolute atomic E-state index is 11.8. The molecule has 0 radical (unpaired) electrons. The molecule has 7 heteroatoms. The zero-order chi connectivity index (χ0) is 16.9. The average molecular weight is 341 g/mol. The first kappa shape index (κ1) is 16.1. The Morgan fingerprint density at radius 3 is 2.54 bits per heavy atom. The standard InChI is InChI=1S/C17H15N3O3S/c1-22-13-10-6-5-9-12(13)16-19-20-17(23-16)24-14(15(18)21)11-7-3-2-4-8-11/h2-10,14H,1H3,(H2,18,21). The summed E-state index contributed by atoms with van der Waals surface area (Å²) >= 11 is 1.12. The highest BCUT2D eigenvalue weighted by Crippen LogP contribution is 2.36. The van der Waals surface area contributed by atoms with Crippen LogP contribution in [-0.4, -0.2) is 23.2 Å². The van der Waals surface area contributed by atoms with Gasteiger partial charge >= 0.3 is 0 Å². The predicted molar refractivity (Wildman–Crippen MR) is 90.5 cm³/mol. The van der Waals surface area contributed by atoms with Crippen LogP contribution in [0.2, 0.25) is 0 Å². The lowest BCUT2D eigenvalue weighted by molar-refractivity contribution is -0.117. The molecule has 1 unspecified atom stereocenters. The quantitative estimate of drug-likeness (QED) is 0.693. The molecule has 2 aromatic carbocycles. The molecule has 1 heterocycles. The highest BCUT2D eigenvalue weighted by molar-refractivity contribution is 8.00. The van der Waals surface area contributed by atoms with Gasteiger partial charge in [-0.2, -0.15) is 0 Å². The van der Waals surface area contributed by atoms with Gasteiger partial charge in [-0.1, -0.05) is 42.5 Å². The van der Waals surface area contributed by atoms with Crippen LogP contribution in [0.15, 0.2) is 64.2 Å². The summed E-state index contributed by atoms with van der Waals surface area (Å²) in [5.74, 6) is 0.488. The monoisotopic (exact) mass is 341 g/mol. The summed E-state index contributed by atoms with van der Waals surface area (Å²) in [6.07, 6.45) is 0. The number of ether oxygens (including phenoxy) is 1. The number of benzene rings is 2. The Morgan fingerprint density at radius 1 is 1.12 bits per heavy atom. The van der Waals surface area contributed by atoms with Gasteiger partial charge in [0.25, 0.3) is 11.1 Å². The predicted octanol–water partition coefficient (Wildman–Crippen LogP) is 3.06. The van der Waals surface area contributed by atoms with Gasteiger partial charge in [-0.15, -0.1) is 10.2 Å². The van der Waals surface area contributed by atoms with E-state index in [9.17, 15) is 4.79 Å². The zero-order valence-electron chi connectivity index (χ0n) is 12.9. The number of thioether (sulfide) groups is 1. The van der Waals surface area contributed by atoms with Crippen molar-refractivity contribution in [1.29, 1.82) is 0 Å². The van der Waals surface area contributed by atoms with E-state index in [1.165, 1.54) is 0 Å². The third kappa shape index (κ3) is 3.41. The summed E-state index contributed by atoms with van der Waals surface area (Å²) in [4.78, 5) is 11.8. The van der Waals surface area contributed by atoms with Gasteiger partial charge in [0.05, 0.1) is 12.7 Å². The second-order valence-corrected chi connectivity index (χ2v) is 5.94. The number of para-hydroxylation sites is 1. The van der Waals surface area contributed by atoms with Crippen molar-refractivity contribution in [1.82, 2.24) is 10.2 Å². The Kier molecular flexibility index (Phi) is 4.81. The van der Waals surface area contributed by atoms with E-state index in [0.717, 1.165) is 17.3 Å². The van der Waals surface area contributed by atoms with E-state index in [1.54, 1.807) is 7.11 Å². The number of primary amides is 1. The largest absolute Gasteiger partial charge is 0.496 e. The summed E-state index contributed by atoms with van der Waals surface area (Å²) in [7, 11) is 1.57. The Labute approximate surface area is 143 Å². The van der Waals surface area contributed by atoms with Crippen molar-refractivity contribution in [2.45, 2.75) is 10.5 Å². The fourth-order valence-electron chi connectivity index (χ4n) is 2.21. The maximum Gasteiger partial charge on any atom is 0.277 e. The first-order valence-electron chi connectivity index (χ1n) is 7.17. The number of hydrogen-bond acceptors (Lipinski definition) is 6. The molecule has 1 amide bonds. The number of nitrogens with two attached hydrogens (primary N) is 1. The van der Waals surface area contributed by atoms with Crippen LogP contribution in [0, 0.1) is 0 Å². The molecule has 0 bridgehead atoms. The summed E-state index contributed by atoms with van der Waals surface area (Å²) in [6.45, 7) is 0. The number of carbonyl (C=O) groups excluding carboxylic acids is 1. The molecule has 0 fully saturated rings. The van der Waals surface area contributed by atoms with E-state index in [1.807, 2.05) is 54.6 Å². The zero-order valence-corrected chi connectivity index (χ0v) is 13.7. The molecule has 0 saturated carbocycles. The molecule has 6 nitrogen and oxygen atoms in total. The van der Waals surface area contributed by atoms with E-state index in [2.05, 4.69) is 10.2 Å². The summed E-state index contributed by atoms with van der Waals surface area (Å²) in [6, 6.07) is 16.6. The van der Waals surface area contributed by atoms with Crippen LogP contribution in [0.1, 0.15) is 10.8 Å². The number of amides is 1. The van der Waals surface area contributed by atoms with Crippen LogP contribution >= 0.6 is 11.8 Å². The molecule has 2 N–H and O–H groups in total. The minimum absolute atomic E-state index is 0.267. The van der Waals surface area contributed by atoms with Gasteiger partial charge < -0.3 is 14.9 Å². The van der Waals surface area contributed by atoms with E-state index in [4.69, 9.17) is 14.9 Å². The number of nitrogens with zero attached hydrogens (tertiary/aromatic N) is 2. The maximum atomic E-state index is 11.8. The normalized spacial score (nSPS) is 11.9. The number of hydrogen-bond donors (Lipinski definition) is 1. The number of carbonyl (C=O) groups is 1. The molecule has 0 spiro atoms. The smallest absolute Gasteiger partial charge is 0.277 e. The lowest BCUT2D eigenvalue weighted by Crippen LogP contribution is -2.18. The molecule has 24 heavy (non-hydrogen) atoms. The third-order valence-corrected chi connectivity index (χ3v) is 4.43. The summed E-state index contributed by atoms with van der Waals surface area (Å²) < 4.78 is 11.0. The Morgan fingerprint density at radius 2 is 1.83 bits per heavy atom. The number of rotatable bonds is 6. The van der Waals surface area contributed by atoms with Gasteiger partial charge in [0.15, 0.2) is 0 Å². The van der Waals surface area contributed by atoms with E-state index in [0.29, 0.717) is 17.2 Å². The SMILES string of the molecule is COc1ccccc1-c1nnc(SC(C(N)=O)c2ccccc2)o1. The van der Waals surface area contributed by atoms with Gasteiger partial charge in [0.2, 0.25) is 5.91 Å². The van der Waals surface area contributed by atoms with Crippen LogP contribution in [0.3, 0.4) is 0 Å². The van der Waals surface area contributed by atoms with Gasteiger partial charge in [0, 0.05) is 0 Å². The lowest BCUT2D eigenvalue weighted by atomic mass is 10.1. The van der Waals surface area contributed by atoms with Gasteiger partial charge in [0.1, 0.15) is 11.0 Å². The molecule has 3 rings (SSSR count). The Hall–Kier alpha value is -2.80. The van der Waals surface area contributed by atoms with E-state index >= 15 is 0 Å². The Balaban J connectivity index is 1.86. The van der Waals surface area contributed by atoms with Crippen molar-refractivity contribution in [2.75, 3.05) is 7.11 Å². The van der Waals surface area contributed by atoms with Gasteiger partial charge in [-0.25, -0.2) is 0 Å². The molecule has 0 aliphatic carbocycles. The Bertz CT molecular complexity index is 836. The fraction of sp³-hybridized carbons (Fsp3) is 0.118. The molecule has 0 saturated heterocycles. The first-order valence-corrected chi connectivity index (χ1v) is 8.05. The second kappa shape index (κ2) is 7.18. The van der Waals surface area contributed by atoms with Crippen molar-refractivity contribution >= 4 is 17.7 Å². The fourth-order valence-corrected chi connectivity index (χ4v) is 3.03. The minimum atomic E-state index is -0.600. The molecule has 1 atom stereocenters. The van der Waals surface area contributed by atoms with E-state index < -0.39 is 11.2 Å². The molecule has 122 valence electrons. The second-order valence-electron chi connectivity index (χ2n) is 4.88. The van der Waals surface area contributed by atoms with Crippen molar-refractivity contribution in [2.24, 2.45) is 5.73 Å². The highest BCUT2D eigenvalue weighted by atomic mass is 32.2. The van der Waals surface area contributed by atoms with Gasteiger partial charge in [-0.3, -0.25) is 4.79 Å². The van der Waals surface area contributed by atoms with Crippen LogP contribution in [0.5, 0.6) is 5.75 Å². The molecular formula is C17H15N3O3S. The van der Waals surface area contributed by atoms with Crippen LogP contribution in [0.25, 0.3) is 11.5 Å². The van der Waals surface area contributed by atoms with E-state index in [-0.39, 0.29) is 5.22 Å². The molecule has 1 aromatic heterocycles. The van der Waals surface area contributed by atoms with Crippen molar-refractivity contribution in [3.05, 3.63) is 60.2 Å². The summed E-state index contributed by atoms with van der Waals surface area (Å²) in [5.41, 5.74) is 6.98. The third-order valence-electron chi connectivity index (χ3n) is 3.32. The first-order chi connectivity index (χ1) is 11.7. The molecule has 0 aliphatic heterocycles. The molecule has 3 aromatic rings. The van der Waals surface area contributed by atoms with Crippen molar-refractivity contribution in [3.63, 3.8) is 0 Å². The highest BCUT2D eigenvalue weighted by Gasteiger charge is 2.23. The van der Waals surface area contributed by atoms with Crippen LogP contribution < -0.4 is 10.5 Å². The number of methoxy groups -OCH3 is 1. The van der Waals surface area contributed by atoms with Gasteiger partial charge in [-0.05, 0) is 29.5 Å². The minimum Gasteiger partial charge on any atom is -0.496 e. The number of aromatic nitrogens is 2. The average Bonchev–Trinajstić information content (AvgIpc) is 3.08. The van der Waals surface area contributed by atoms with Crippen molar-refractivity contribution in [3.8, 4) is 17.2 Å². The molecular weight excluding hydrogens is 326 g/mol. The molecule has 0 aliphatic rings. The van der Waals surface area contributed by atoms with Crippen LogP contribution in [-0.2, 0) is 4.79 Å². The van der Waals surface area contributed by atoms with Crippen molar-refractivity contribution < 1.29 is 13.9 Å². The topological polar surface area (TPSA) is 91.2 Å². The summed E-state index contributed by atoms with van der Waals surface area (Å²) in [5, 5.41) is 7.70. The lowest BCUT2D eigenvalue weighted by Gasteiger charge is -2.10.